The zero-order chi connectivity index (χ0) is 12.6. The van der Waals surface area contributed by atoms with E-state index in [0.29, 0.717) is 16.6 Å². The number of hydrogen-bond acceptors (Lipinski definition) is 3. The van der Waals surface area contributed by atoms with Gasteiger partial charge in [-0.05, 0) is 31.0 Å². The molecule has 1 aromatic carbocycles. The quantitative estimate of drug-likeness (QED) is 0.863. The van der Waals surface area contributed by atoms with Gasteiger partial charge in [0.1, 0.15) is 11.6 Å². The molecule has 0 aliphatic carbocycles. The second kappa shape index (κ2) is 4.30. The minimum atomic E-state index is 0.444. The maximum atomic E-state index is 6.17. The van der Waals surface area contributed by atoms with Crippen molar-refractivity contribution in [2.45, 2.75) is 13.8 Å². The van der Waals surface area contributed by atoms with Crippen molar-refractivity contribution in [3.05, 3.63) is 28.3 Å². The van der Waals surface area contributed by atoms with Gasteiger partial charge in [0.15, 0.2) is 0 Å². The van der Waals surface area contributed by atoms with Gasteiger partial charge in [-0.1, -0.05) is 11.6 Å². The highest BCUT2D eigenvalue weighted by atomic mass is 35.5. The molecule has 0 radical (unpaired) electrons. The number of nitrogens with zero attached hydrogens (tertiary/aromatic N) is 1. The maximum absolute atomic E-state index is 6.17. The van der Waals surface area contributed by atoms with E-state index in [0.717, 1.165) is 22.4 Å². The number of aryl methyl sites for hydroxylation is 1. The molecule has 0 atom stereocenters. The molecular weight excluding hydrogens is 238 g/mol. The third-order valence-electron chi connectivity index (χ3n) is 2.82. The van der Waals surface area contributed by atoms with Gasteiger partial charge in [0.05, 0.1) is 17.8 Å². The fourth-order valence-electron chi connectivity index (χ4n) is 1.84. The molecule has 1 aromatic heterocycles. The van der Waals surface area contributed by atoms with Gasteiger partial charge in [0.25, 0.3) is 0 Å². The van der Waals surface area contributed by atoms with Gasteiger partial charge in [-0.15, -0.1) is 0 Å². The average Bonchev–Trinajstić information content (AvgIpc) is 2.69. The van der Waals surface area contributed by atoms with Crippen LogP contribution in [0.1, 0.15) is 11.1 Å². The van der Waals surface area contributed by atoms with Crippen molar-refractivity contribution >= 4 is 17.4 Å². The van der Waals surface area contributed by atoms with E-state index in [2.05, 4.69) is 10.2 Å². The summed E-state index contributed by atoms with van der Waals surface area (Å²) in [6, 6.07) is 3.65. The van der Waals surface area contributed by atoms with Crippen LogP contribution >= 0.6 is 11.6 Å². The van der Waals surface area contributed by atoms with Crippen molar-refractivity contribution in [3.8, 4) is 17.0 Å². The summed E-state index contributed by atoms with van der Waals surface area (Å²) in [5.41, 5.74) is 9.52. The van der Waals surface area contributed by atoms with Crippen LogP contribution in [0, 0.1) is 13.8 Å². The van der Waals surface area contributed by atoms with Gasteiger partial charge in [-0.2, -0.15) is 5.10 Å². The Bertz CT molecular complexity index is 563. The number of nitrogens with two attached hydrogens (primary N) is 1. The fourth-order valence-corrected chi connectivity index (χ4v) is 2.18. The number of nitrogen functional groups attached to an aromatic ring is 1. The van der Waals surface area contributed by atoms with Crippen molar-refractivity contribution in [2.24, 2.45) is 0 Å². The Kier molecular flexibility index (Phi) is 2.98. The van der Waals surface area contributed by atoms with Gasteiger partial charge >= 0.3 is 0 Å². The van der Waals surface area contributed by atoms with Crippen molar-refractivity contribution in [1.82, 2.24) is 10.2 Å². The Balaban J connectivity index is 2.74. The highest BCUT2D eigenvalue weighted by molar-refractivity contribution is 6.32. The van der Waals surface area contributed by atoms with Crippen LogP contribution in [-0.4, -0.2) is 17.3 Å². The van der Waals surface area contributed by atoms with E-state index in [1.54, 1.807) is 13.2 Å². The highest BCUT2D eigenvalue weighted by Crippen LogP contribution is 2.39. The number of rotatable bonds is 2. The van der Waals surface area contributed by atoms with Crippen LogP contribution in [0.25, 0.3) is 11.3 Å². The van der Waals surface area contributed by atoms with E-state index in [1.807, 2.05) is 19.9 Å². The summed E-state index contributed by atoms with van der Waals surface area (Å²) < 4.78 is 5.36. The minimum absolute atomic E-state index is 0.444. The van der Waals surface area contributed by atoms with E-state index >= 15 is 0 Å². The Morgan fingerprint density at radius 1 is 1.35 bits per heavy atom. The number of methoxy groups -OCH3 is 1. The van der Waals surface area contributed by atoms with Gasteiger partial charge in [-0.25, -0.2) is 0 Å². The molecule has 2 aromatic rings. The summed E-state index contributed by atoms with van der Waals surface area (Å²) in [5.74, 6) is 1.08. The molecular formula is C12H14ClN3O. The van der Waals surface area contributed by atoms with E-state index in [-0.39, 0.29) is 0 Å². The number of H-pyrrole nitrogens is 1. The van der Waals surface area contributed by atoms with Crippen molar-refractivity contribution < 1.29 is 4.74 Å². The number of aromatic amines is 1. The zero-order valence-electron chi connectivity index (χ0n) is 9.97. The summed E-state index contributed by atoms with van der Waals surface area (Å²) in [7, 11) is 1.60. The van der Waals surface area contributed by atoms with Gasteiger partial charge < -0.3 is 10.5 Å². The second-order valence-electron chi connectivity index (χ2n) is 3.92. The van der Waals surface area contributed by atoms with Crippen LogP contribution in [0.2, 0.25) is 5.02 Å². The van der Waals surface area contributed by atoms with E-state index in [4.69, 9.17) is 22.1 Å². The van der Waals surface area contributed by atoms with Crippen molar-refractivity contribution in [1.29, 1.82) is 0 Å². The lowest BCUT2D eigenvalue weighted by atomic mass is 9.99. The fraction of sp³-hybridized carbons (Fsp3) is 0.250. The molecule has 2 rings (SSSR count). The van der Waals surface area contributed by atoms with E-state index < -0.39 is 0 Å². The minimum Gasteiger partial charge on any atom is -0.494 e. The monoisotopic (exact) mass is 251 g/mol. The SMILES string of the molecule is COc1c(Cl)cc(C)c(C)c1-c1cc(N)n[nH]1. The average molecular weight is 252 g/mol. The lowest BCUT2D eigenvalue weighted by Gasteiger charge is -2.14. The number of anilines is 1. The summed E-state index contributed by atoms with van der Waals surface area (Å²) in [6.45, 7) is 4.02. The lowest BCUT2D eigenvalue weighted by molar-refractivity contribution is 0.416. The molecule has 0 amide bonds. The molecule has 3 N–H and O–H groups in total. The van der Waals surface area contributed by atoms with E-state index in [9.17, 15) is 0 Å². The zero-order valence-corrected chi connectivity index (χ0v) is 10.7. The maximum Gasteiger partial charge on any atom is 0.147 e. The predicted molar refractivity (Wildman–Crippen MR) is 69.5 cm³/mol. The molecule has 0 unspecified atom stereocenters. The molecule has 0 spiro atoms. The van der Waals surface area contributed by atoms with Crippen LogP contribution in [0.5, 0.6) is 5.75 Å². The Labute approximate surface area is 105 Å². The molecule has 0 saturated carbocycles. The summed E-state index contributed by atoms with van der Waals surface area (Å²) in [5, 5.41) is 7.38. The van der Waals surface area contributed by atoms with Crippen LogP contribution in [0.15, 0.2) is 12.1 Å². The number of aromatic nitrogens is 2. The Morgan fingerprint density at radius 3 is 2.59 bits per heavy atom. The first-order chi connectivity index (χ1) is 8.04. The third-order valence-corrected chi connectivity index (χ3v) is 3.11. The summed E-state index contributed by atoms with van der Waals surface area (Å²) in [4.78, 5) is 0. The first kappa shape index (κ1) is 11.8. The van der Waals surface area contributed by atoms with Gasteiger partial charge in [-0.3, -0.25) is 5.10 Å². The predicted octanol–water partition coefficient (Wildman–Crippen LogP) is 2.94. The van der Waals surface area contributed by atoms with Crippen LogP contribution < -0.4 is 10.5 Å². The largest absolute Gasteiger partial charge is 0.494 e. The normalized spacial score (nSPS) is 10.6. The first-order valence-corrected chi connectivity index (χ1v) is 5.57. The Hall–Kier alpha value is -1.68. The van der Waals surface area contributed by atoms with Crippen LogP contribution in [-0.2, 0) is 0 Å². The number of halogens is 1. The van der Waals surface area contributed by atoms with Crippen molar-refractivity contribution in [2.75, 3.05) is 12.8 Å². The smallest absolute Gasteiger partial charge is 0.147 e. The molecule has 4 nitrogen and oxygen atoms in total. The Morgan fingerprint density at radius 2 is 2.06 bits per heavy atom. The number of hydrogen-bond donors (Lipinski definition) is 2. The highest BCUT2D eigenvalue weighted by Gasteiger charge is 2.16. The van der Waals surface area contributed by atoms with Crippen molar-refractivity contribution in [3.63, 3.8) is 0 Å². The first-order valence-electron chi connectivity index (χ1n) is 5.19. The summed E-state index contributed by atoms with van der Waals surface area (Å²) in [6.07, 6.45) is 0. The van der Waals surface area contributed by atoms with Crippen LogP contribution in [0.3, 0.4) is 0 Å². The lowest BCUT2D eigenvalue weighted by Crippen LogP contribution is -1.95. The number of ether oxygens (including phenoxy) is 1. The molecule has 0 saturated heterocycles. The third kappa shape index (κ3) is 1.96. The molecule has 5 heteroatoms. The standard InChI is InChI=1S/C12H14ClN3O/c1-6-4-8(13)12(17-3)11(7(6)2)9-5-10(14)16-15-9/h4-5H,1-3H3,(H3,14,15,16). The van der Waals surface area contributed by atoms with Gasteiger partial charge in [0, 0.05) is 11.6 Å². The van der Waals surface area contributed by atoms with Gasteiger partial charge in [0.2, 0.25) is 0 Å². The molecule has 0 aliphatic rings. The molecule has 0 fully saturated rings. The summed E-state index contributed by atoms with van der Waals surface area (Å²) >= 11 is 6.17. The molecule has 0 bridgehead atoms. The number of nitrogens with one attached hydrogen (secondary N) is 1. The molecule has 0 aliphatic heterocycles. The molecule has 1 heterocycles. The topological polar surface area (TPSA) is 63.9 Å². The van der Waals surface area contributed by atoms with Crippen LogP contribution in [0.4, 0.5) is 5.82 Å². The number of benzene rings is 1. The molecule has 90 valence electrons. The molecule has 17 heavy (non-hydrogen) atoms. The van der Waals surface area contributed by atoms with E-state index in [1.165, 1.54) is 0 Å². The second-order valence-corrected chi connectivity index (χ2v) is 4.32.